The van der Waals surface area contributed by atoms with E-state index in [0.717, 1.165) is 12.8 Å². The molecule has 5 rings (SSSR count). The van der Waals surface area contributed by atoms with Gasteiger partial charge in [0, 0.05) is 23.9 Å². The molecular weight excluding hydrogens is 444 g/mol. The second-order valence-corrected chi connectivity index (χ2v) is 10.1. The highest BCUT2D eigenvalue weighted by Gasteiger charge is 2.34. The molecule has 3 N–H and O–H groups in total. The summed E-state index contributed by atoms with van der Waals surface area (Å²) in [6.07, 6.45) is 4.26. The number of ether oxygens (including phenoxy) is 1. The molecular formula is C28H32N2O5. The summed E-state index contributed by atoms with van der Waals surface area (Å²) < 4.78 is 5.65. The van der Waals surface area contributed by atoms with Crippen molar-refractivity contribution < 1.29 is 24.2 Å². The molecule has 3 aliphatic rings. The van der Waals surface area contributed by atoms with Gasteiger partial charge in [0.1, 0.15) is 6.61 Å². The molecule has 0 aromatic heterocycles. The van der Waals surface area contributed by atoms with Gasteiger partial charge in [-0.05, 0) is 67.2 Å². The average Bonchev–Trinajstić information content (AvgIpc) is 3.46. The Morgan fingerprint density at radius 3 is 1.97 bits per heavy atom. The third-order valence-electron chi connectivity index (χ3n) is 7.89. The number of carbonyl (C=O) groups is 3. The zero-order valence-corrected chi connectivity index (χ0v) is 19.7. The van der Waals surface area contributed by atoms with Crippen LogP contribution in [0.5, 0.6) is 0 Å². The maximum atomic E-state index is 12.7. The lowest BCUT2D eigenvalue weighted by molar-refractivity contribution is -0.142. The molecule has 7 nitrogen and oxygen atoms in total. The molecule has 0 bridgehead atoms. The molecule has 0 radical (unpaired) electrons. The van der Waals surface area contributed by atoms with E-state index in [4.69, 9.17) is 9.84 Å². The van der Waals surface area contributed by atoms with Crippen molar-refractivity contribution in [3.05, 3.63) is 59.7 Å². The van der Waals surface area contributed by atoms with Gasteiger partial charge < -0.3 is 20.5 Å². The summed E-state index contributed by atoms with van der Waals surface area (Å²) in [5.41, 5.74) is 4.74. The van der Waals surface area contributed by atoms with Crippen LogP contribution in [0.1, 0.15) is 62.0 Å². The Bertz CT molecular complexity index is 1060. The molecule has 2 amide bonds. The van der Waals surface area contributed by atoms with Gasteiger partial charge in [0.2, 0.25) is 5.91 Å². The molecule has 2 aromatic carbocycles. The highest BCUT2D eigenvalue weighted by atomic mass is 16.5. The third-order valence-corrected chi connectivity index (χ3v) is 7.89. The first kappa shape index (κ1) is 23.4. The number of benzene rings is 2. The summed E-state index contributed by atoms with van der Waals surface area (Å²) in [6.45, 7) is 0.273. The molecule has 0 saturated heterocycles. The second-order valence-electron chi connectivity index (χ2n) is 10.1. The first-order valence-corrected chi connectivity index (χ1v) is 12.6. The van der Waals surface area contributed by atoms with Crippen molar-refractivity contribution in [2.24, 2.45) is 11.8 Å². The molecule has 2 aromatic rings. The highest BCUT2D eigenvalue weighted by molar-refractivity contribution is 5.80. The van der Waals surface area contributed by atoms with Crippen LogP contribution in [0.15, 0.2) is 48.5 Å². The van der Waals surface area contributed by atoms with Crippen molar-refractivity contribution in [2.75, 3.05) is 6.61 Å². The van der Waals surface area contributed by atoms with Crippen LogP contribution in [0.25, 0.3) is 11.1 Å². The van der Waals surface area contributed by atoms with Gasteiger partial charge in [0.05, 0.1) is 5.92 Å². The number of hydrogen-bond donors (Lipinski definition) is 3. The van der Waals surface area contributed by atoms with E-state index in [-0.39, 0.29) is 42.4 Å². The number of nitrogens with one attached hydrogen (secondary N) is 2. The fourth-order valence-electron chi connectivity index (χ4n) is 5.96. The lowest BCUT2D eigenvalue weighted by Gasteiger charge is -2.27. The van der Waals surface area contributed by atoms with Gasteiger partial charge in [-0.1, -0.05) is 48.5 Å². The largest absolute Gasteiger partial charge is 0.481 e. The van der Waals surface area contributed by atoms with Crippen molar-refractivity contribution in [2.45, 2.75) is 62.9 Å². The monoisotopic (exact) mass is 476 g/mol. The molecule has 2 fully saturated rings. The van der Waals surface area contributed by atoms with Crippen LogP contribution in [-0.2, 0) is 14.3 Å². The summed E-state index contributed by atoms with van der Waals surface area (Å²) in [5.74, 6) is -1.13. The molecule has 2 atom stereocenters. The average molecular weight is 477 g/mol. The summed E-state index contributed by atoms with van der Waals surface area (Å²) in [4.78, 5) is 36.4. The van der Waals surface area contributed by atoms with Gasteiger partial charge in [0.15, 0.2) is 0 Å². The van der Waals surface area contributed by atoms with Crippen molar-refractivity contribution in [1.29, 1.82) is 0 Å². The number of carbonyl (C=O) groups excluding carboxylic acids is 2. The fourth-order valence-corrected chi connectivity index (χ4v) is 5.96. The zero-order chi connectivity index (χ0) is 24.4. The Morgan fingerprint density at radius 2 is 1.34 bits per heavy atom. The summed E-state index contributed by atoms with van der Waals surface area (Å²) in [7, 11) is 0. The summed E-state index contributed by atoms with van der Waals surface area (Å²) in [6, 6.07) is 16.4. The van der Waals surface area contributed by atoms with Crippen LogP contribution < -0.4 is 10.6 Å². The normalized spacial score (nSPS) is 25.4. The number of aliphatic carboxylic acids is 1. The van der Waals surface area contributed by atoms with Crippen molar-refractivity contribution in [1.82, 2.24) is 10.6 Å². The first-order valence-electron chi connectivity index (χ1n) is 12.6. The highest BCUT2D eigenvalue weighted by Crippen LogP contribution is 2.44. The fraction of sp³-hybridized carbons (Fsp3) is 0.464. The quantitative estimate of drug-likeness (QED) is 0.571. The molecule has 0 unspecified atom stereocenters. The smallest absolute Gasteiger partial charge is 0.407 e. The Kier molecular flexibility index (Phi) is 6.75. The molecule has 0 aliphatic heterocycles. The second kappa shape index (κ2) is 10.1. The van der Waals surface area contributed by atoms with Crippen LogP contribution in [0.3, 0.4) is 0 Å². The minimum absolute atomic E-state index is 0.0145. The number of hydrogen-bond acceptors (Lipinski definition) is 4. The number of alkyl carbamates (subject to hydrolysis) is 1. The predicted octanol–water partition coefficient (Wildman–Crippen LogP) is 4.45. The number of fused-ring (bicyclic) bond motifs is 3. The number of amides is 2. The maximum absolute atomic E-state index is 12.7. The van der Waals surface area contributed by atoms with Crippen LogP contribution >= 0.6 is 0 Å². The van der Waals surface area contributed by atoms with Crippen LogP contribution in [-0.4, -0.2) is 41.8 Å². The Balaban J connectivity index is 1.09. The van der Waals surface area contributed by atoms with Crippen molar-refractivity contribution >= 4 is 18.0 Å². The molecule has 3 aliphatic carbocycles. The SMILES string of the molecule is O=C(N[C@@H]1CC[C@H](C(=O)NC2CCC(C(=O)O)CC2)C1)OCC1c2ccccc2-c2ccccc21. The van der Waals surface area contributed by atoms with E-state index >= 15 is 0 Å². The Hall–Kier alpha value is -3.35. The van der Waals surface area contributed by atoms with Gasteiger partial charge in [-0.2, -0.15) is 0 Å². The Labute approximate surface area is 205 Å². The first-order chi connectivity index (χ1) is 17.0. The van der Waals surface area contributed by atoms with Crippen LogP contribution in [0, 0.1) is 11.8 Å². The number of carboxylic acids is 1. The zero-order valence-electron chi connectivity index (χ0n) is 19.7. The standard InChI is InChI=1S/C28H32N2O5/c31-26(29-19-12-9-17(10-13-19)27(32)33)18-11-14-20(15-18)30-28(34)35-16-25-23-7-3-1-5-21(23)22-6-2-4-8-24(22)25/h1-8,17-20,25H,9-16H2,(H,29,31)(H,30,34)(H,32,33)/t17?,18-,19?,20+/m0/s1. The lowest BCUT2D eigenvalue weighted by atomic mass is 9.86. The maximum Gasteiger partial charge on any atom is 0.407 e. The molecule has 7 heteroatoms. The lowest BCUT2D eigenvalue weighted by Crippen LogP contribution is -2.41. The molecule has 184 valence electrons. The van der Waals surface area contributed by atoms with E-state index < -0.39 is 12.1 Å². The number of rotatable bonds is 6. The van der Waals surface area contributed by atoms with Crippen LogP contribution in [0.2, 0.25) is 0 Å². The van der Waals surface area contributed by atoms with E-state index in [2.05, 4.69) is 34.9 Å². The summed E-state index contributed by atoms with van der Waals surface area (Å²) >= 11 is 0. The minimum Gasteiger partial charge on any atom is -0.481 e. The topological polar surface area (TPSA) is 105 Å². The van der Waals surface area contributed by atoms with E-state index in [1.807, 2.05) is 24.3 Å². The molecule has 2 saturated carbocycles. The van der Waals surface area contributed by atoms with E-state index in [1.54, 1.807) is 0 Å². The van der Waals surface area contributed by atoms with E-state index in [9.17, 15) is 14.4 Å². The molecule has 0 spiro atoms. The van der Waals surface area contributed by atoms with Gasteiger partial charge in [-0.3, -0.25) is 9.59 Å². The van der Waals surface area contributed by atoms with Crippen molar-refractivity contribution in [3.8, 4) is 11.1 Å². The number of carboxylic acid groups (broad SMARTS) is 1. The van der Waals surface area contributed by atoms with Crippen LogP contribution in [0.4, 0.5) is 4.79 Å². The Morgan fingerprint density at radius 1 is 0.771 bits per heavy atom. The van der Waals surface area contributed by atoms with Gasteiger partial charge in [-0.15, -0.1) is 0 Å². The summed E-state index contributed by atoms with van der Waals surface area (Å²) in [5, 5.41) is 15.2. The van der Waals surface area contributed by atoms with Gasteiger partial charge in [0.25, 0.3) is 0 Å². The molecule has 0 heterocycles. The molecule has 35 heavy (non-hydrogen) atoms. The van der Waals surface area contributed by atoms with Gasteiger partial charge >= 0.3 is 12.1 Å². The predicted molar refractivity (Wildman–Crippen MR) is 131 cm³/mol. The van der Waals surface area contributed by atoms with Crippen molar-refractivity contribution in [3.63, 3.8) is 0 Å². The third kappa shape index (κ3) is 5.04. The van der Waals surface area contributed by atoms with E-state index in [0.29, 0.717) is 32.1 Å². The minimum atomic E-state index is -0.743. The van der Waals surface area contributed by atoms with E-state index in [1.165, 1.54) is 22.3 Å². The van der Waals surface area contributed by atoms with Gasteiger partial charge in [-0.25, -0.2) is 4.79 Å².